The van der Waals surface area contributed by atoms with Gasteiger partial charge in [-0.15, -0.1) is 5.10 Å². The molecule has 0 atom stereocenters. The Morgan fingerprint density at radius 1 is 1.58 bits per heavy atom. The molecule has 0 spiro atoms. The zero-order chi connectivity index (χ0) is 9.30. The summed E-state index contributed by atoms with van der Waals surface area (Å²) >= 11 is 0. The van der Waals surface area contributed by atoms with Gasteiger partial charge in [0.25, 0.3) is 0 Å². The Kier molecular flexibility index (Phi) is 2.12. The third-order valence-corrected chi connectivity index (χ3v) is 1.60. The van der Waals surface area contributed by atoms with E-state index in [9.17, 15) is 4.79 Å². The molecule has 66 valence electrons. The summed E-state index contributed by atoms with van der Waals surface area (Å²) in [6.45, 7) is 3.77. The largest absolute Gasteiger partial charge is 0.476 e. The molecule has 0 aromatic carbocycles. The average molecular weight is 169 g/mol. The van der Waals surface area contributed by atoms with Gasteiger partial charge < -0.3 is 5.11 Å². The van der Waals surface area contributed by atoms with Crippen molar-refractivity contribution in [3.05, 3.63) is 11.4 Å². The lowest BCUT2D eigenvalue weighted by Gasteiger charge is -2.00. The lowest BCUT2D eigenvalue weighted by molar-refractivity contribution is 0.0683. The molecule has 0 radical (unpaired) electrons. The van der Waals surface area contributed by atoms with Crippen molar-refractivity contribution in [2.75, 3.05) is 0 Å². The topological polar surface area (TPSA) is 68.0 Å². The van der Waals surface area contributed by atoms with Crippen LogP contribution >= 0.6 is 0 Å². The minimum Gasteiger partial charge on any atom is -0.476 e. The highest BCUT2D eigenvalue weighted by Gasteiger charge is 2.19. The van der Waals surface area contributed by atoms with Crippen molar-refractivity contribution in [1.82, 2.24) is 15.0 Å². The molecule has 0 saturated carbocycles. The van der Waals surface area contributed by atoms with Gasteiger partial charge in [0.15, 0.2) is 5.69 Å². The molecule has 12 heavy (non-hydrogen) atoms. The number of aromatic carboxylic acids is 1. The Labute approximate surface area is 70.0 Å². The van der Waals surface area contributed by atoms with Crippen LogP contribution < -0.4 is 0 Å². The van der Waals surface area contributed by atoms with Crippen LogP contribution in [0.1, 0.15) is 35.9 Å². The van der Waals surface area contributed by atoms with Gasteiger partial charge in [0.1, 0.15) is 5.69 Å². The molecule has 0 amide bonds. The molecule has 0 unspecified atom stereocenters. The summed E-state index contributed by atoms with van der Waals surface area (Å²) in [6, 6.07) is 0. The van der Waals surface area contributed by atoms with Crippen molar-refractivity contribution in [3.8, 4) is 0 Å². The average Bonchev–Trinajstić information content (AvgIpc) is 2.30. The van der Waals surface area contributed by atoms with Crippen LogP contribution in [0, 0.1) is 0 Å². The summed E-state index contributed by atoms with van der Waals surface area (Å²) in [5, 5.41) is 16.2. The molecular formula is C7H11N3O2. The third-order valence-electron chi connectivity index (χ3n) is 1.60. The summed E-state index contributed by atoms with van der Waals surface area (Å²) in [4.78, 5) is 10.7. The minimum absolute atomic E-state index is 0.0878. The molecule has 1 aromatic rings. The van der Waals surface area contributed by atoms with Crippen molar-refractivity contribution in [1.29, 1.82) is 0 Å². The molecule has 1 N–H and O–H groups in total. The molecule has 0 aliphatic carbocycles. The van der Waals surface area contributed by atoms with Gasteiger partial charge in [-0.1, -0.05) is 19.1 Å². The second-order valence-corrected chi connectivity index (χ2v) is 2.91. The van der Waals surface area contributed by atoms with Crippen molar-refractivity contribution in [2.24, 2.45) is 7.05 Å². The van der Waals surface area contributed by atoms with E-state index in [2.05, 4.69) is 10.3 Å². The number of nitrogens with zero attached hydrogens (tertiary/aromatic N) is 3. The molecule has 0 bridgehead atoms. The fourth-order valence-corrected chi connectivity index (χ4v) is 1.01. The van der Waals surface area contributed by atoms with Crippen LogP contribution in [-0.2, 0) is 7.05 Å². The van der Waals surface area contributed by atoms with E-state index >= 15 is 0 Å². The number of carboxylic acids is 1. The van der Waals surface area contributed by atoms with E-state index in [1.165, 1.54) is 4.68 Å². The number of carbonyl (C=O) groups is 1. The smallest absolute Gasteiger partial charge is 0.356 e. The number of rotatable bonds is 2. The maximum atomic E-state index is 10.7. The van der Waals surface area contributed by atoms with E-state index in [-0.39, 0.29) is 11.6 Å². The number of carboxylic acid groups (broad SMARTS) is 1. The van der Waals surface area contributed by atoms with Crippen LogP contribution in [0.4, 0.5) is 0 Å². The van der Waals surface area contributed by atoms with Crippen molar-refractivity contribution in [2.45, 2.75) is 19.8 Å². The predicted molar refractivity (Wildman–Crippen MR) is 42.1 cm³/mol. The van der Waals surface area contributed by atoms with Crippen LogP contribution in [0.25, 0.3) is 0 Å². The molecule has 0 fully saturated rings. The summed E-state index contributed by atoms with van der Waals surface area (Å²) in [5.74, 6) is -0.893. The Morgan fingerprint density at radius 3 is 2.50 bits per heavy atom. The van der Waals surface area contributed by atoms with E-state index in [0.29, 0.717) is 5.69 Å². The van der Waals surface area contributed by atoms with Gasteiger partial charge in [0.2, 0.25) is 0 Å². The van der Waals surface area contributed by atoms with Gasteiger partial charge in [-0.05, 0) is 5.92 Å². The lowest BCUT2D eigenvalue weighted by Crippen LogP contribution is -2.08. The summed E-state index contributed by atoms with van der Waals surface area (Å²) in [5.41, 5.74) is 0.704. The van der Waals surface area contributed by atoms with Crippen LogP contribution in [0.5, 0.6) is 0 Å². The molecule has 5 heteroatoms. The van der Waals surface area contributed by atoms with Gasteiger partial charge in [-0.2, -0.15) is 0 Å². The van der Waals surface area contributed by atoms with Crippen molar-refractivity contribution >= 4 is 5.97 Å². The summed E-state index contributed by atoms with van der Waals surface area (Å²) < 4.78 is 1.28. The Morgan fingerprint density at radius 2 is 2.17 bits per heavy atom. The van der Waals surface area contributed by atoms with E-state index < -0.39 is 5.97 Å². The van der Waals surface area contributed by atoms with Gasteiger partial charge in [-0.3, -0.25) is 0 Å². The number of aromatic nitrogens is 3. The van der Waals surface area contributed by atoms with Crippen LogP contribution in [0.3, 0.4) is 0 Å². The van der Waals surface area contributed by atoms with Crippen LogP contribution in [0.15, 0.2) is 0 Å². The van der Waals surface area contributed by atoms with Crippen molar-refractivity contribution < 1.29 is 9.90 Å². The first-order chi connectivity index (χ1) is 5.54. The standard InChI is InChI=1S/C7H11N3O2/c1-4(2)5-6(7(11)12)10(3)9-8-5/h4H,1-3H3,(H,11,12). The van der Waals surface area contributed by atoms with Crippen molar-refractivity contribution in [3.63, 3.8) is 0 Å². The first-order valence-corrected chi connectivity index (χ1v) is 3.67. The minimum atomic E-state index is -0.980. The monoisotopic (exact) mass is 169 g/mol. The Bertz CT molecular complexity index is 304. The van der Waals surface area contributed by atoms with E-state index in [4.69, 9.17) is 5.11 Å². The third kappa shape index (κ3) is 1.30. The molecule has 5 nitrogen and oxygen atoms in total. The summed E-state index contributed by atoms with van der Waals surface area (Å²) in [6.07, 6.45) is 0. The molecule has 0 aliphatic heterocycles. The SMILES string of the molecule is CC(C)c1nnn(C)c1C(=O)O. The molecule has 1 heterocycles. The zero-order valence-corrected chi connectivity index (χ0v) is 7.27. The van der Waals surface area contributed by atoms with Gasteiger partial charge in [0.05, 0.1) is 0 Å². The lowest BCUT2D eigenvalue weighted by atomic mass is 10.1. The van der Waals surface area contributed by atoms with Gasteiger partial charge in [-0.25, -0.2) is 9.48 Å². The molecule has 0 saturated heterocycles. The Balaban J connectivity index is 3.21. The summed E-state index contributed by atoms with van der Waals surface area (Å²) in [7, 11) is 1.57. The molecular weight excluding hydrogens is 158 g/mol. The zero-order valence-electron chi connectivity index (χ0n) is 7.27. The predicted octanol–water partition coefficient (Wildman–Crippen LogP) is 0.637. The highest BCUT2D eigenvalue weighted by Crippen LogP contribution is 2.15. The van der Waals surface area contributed by atoms with Crippen LogP contribution in [0.2, 0.25) is 0 Å². The maximum absolute atomic E-state index is 10.7. The fraction of sp³-hybridized carbons (Fsp3) is 0.571. The molecule has 1 aromatic heterocycles. The highest BCUT2D eigenvalue weighted by atomic mass is 16.4. The highest BCUT2D eigenvalue weighted by molar-refractivity contribution is 5.86. The first-order valence-electron chi connectivity index (χ1n) is 3.67. The van der Waals surface area contributed by atoms with E-state index in [1.54, 1.807) is 7.05 Å². The van der Waals surface area contributed by atoms with E-state index in [0.717, 1.165) is 0 Å². The number of hydrogen-bond donors (Lipinski definition) is 1. The Hall–Kier alpha value is -1.39. The number of aryl methyl sites for hydroxylation is 1. The van der Waals surface area contributed by atoms with Gasteiger partial charge in [0, 0.05) is 7.05 Å². The van der Waals surface area contributed by atoms with Gasteiger partial charge >= 0.3 is 5.97 Å². The quantitative estimate of drug-likeness (QED) is 0.705. The first kappa shape index (κ1) is 8.70. The normalized spacial score (nSPS) is 10.7. The van der Waals surface area contributed by atoms with E-state index in [1.807, 2.05) is 13.8 Å². The van der Waals surface area contributed by atoms with Crippen LogP contribution in [-0.4, -0.2) is 26.1 Å². The molecule has 0 aliphatic rings. The second-order valence-electron chi connectivity index (χ2n) is 2.91. The number of hydrogen-bond acceptors (Lipinski definition) is 3. The maximum Gasteiger partial charge on any atom is 0.356 e. The fourth-order valence-electron chi connectivity index (χ4n) is 1.01. The second kappa shape index (κ2) is 2.92. The molecule has 1 rings (SSSR count).